The highest BCUT2D eigenvalue weighted by Gasteiger charge is 2.06. The Hall–Kier alpha value is -1.58. The van der Waals surface area contributed by atoms with Gasteiger partial charge in [0, 0.05) is 16.8 Å². The van der Waals surface area contributed by atoms with E-state index >= 15 is 0 Å². The van der Waals surface area contributed by atoms with Crippen molar-refractivity contribution in [3.05, 3.63) is 47.2 Å². The van der Waals surface area contributed by atoms with E-state index in [1.165, 1.54) is 6.07 Å². The molecular formula is C12H10ClNO2. The van der Waals surface area contributed by atoms with Crippen molar-refractivity contribution in [2.45, 2.75) is 6.61 Å². The summed E-state index contributed by atoms with van der Waals surface area (Å²) in [5.74, 6) is 0.152. The van der Waals surface area contributed by atoms with Crippen molar-refractivity contribution in [1.82, 2.24) is 4.98 Å². The minimum absolute atomic E-state index is 0.130. The van der Waals surface area contributed by atoms with E-state index in [0.717, 1.165) is 5.56 Å². The molecule has 16 heavy (non-hydrogen) atoms. The van der Waals surface area contributed by atoms with Gasteiger partial charge in [0.2, 0.25) is 0 Å². The average Bonchev–Trinajstić information content (AvgIpc) is 2.32. The molecule has 3 nitrogen and oxygen atoms in total. The molecule has 0 unspecified atom stereocenters. The van der Waals surface area contributed by atoms with Crippen LogP contribution in [0.5, 0.6) is 5.75 Å². The average molecular weight is 236 g/mol. The zero-order valence-electron chi connectivity index (χ0n) is 8.39. The molecular weight excluding hydrogens is 226 g/mol. The van der Waals surface area contributed by atoms with Crippen LogP contribution >= 0.6 is 11.6 Å². The molecule has 1 heterocycles. The third-order valence-corrected chi connectivity index (χ3v) is 2.48. The third kappa shape index (κ3) is 2.15. The van der Waals surface area contributed by atoms with Crippen LogP contribution in [0, 0.1) is 0 Å². The molecule has 2 rings (SSSR count). The van der Waals surface area contributed by atoms with Crippen molar-refractivity contribution in [1.29, 1.82) is 0 Å². The maximum Gasteiger partial charge on any atom is 0.123 e. The largest absolute Gasteiger partial charge is 0.507 e. The van der Waals surface area contributed by atoms with Crippen molar-refractivity contribution in [3.8, 4) is 16.9 Å². The van der Waals surface area contributed by atoms with Gasteiger partial charge in [0.15, 0.2) is 0 Å². The highest BCUT2D eigenvalue weighted by atomic mass is 35.5. The van der Waals surface area contributed by atoms with Crippen LogP contribution in [0.15, 0.2) is 36.5 Å². The highest BCUT2D eigenvalue weighted by molar-refractivity contribution is 6.31. The van der Waals surface area contributed by atoms with Crippen LogP contribution in [0.25, 0.3) is 11.1 Å². The molecule has 0 fully saturated rings. The second kappa shape index (κ2) is 4.51. The van der Waals surface area contributed by atoms with E-state index in [1.807, 2.05) is 0 Å². The molecule has 0 bridgehead atoms. The Bertz CT molecular complexity index is 514. The second-order valence-electron chi connectivity index (χ2n) is 3.36. The standard InChI is InChI=1S/C12H10ClNO2/c13-9-1-2-12(16)11(6-9)8-3-4-14-10(5-8)7-15/h1-6,15-16H,7H2. The Morgan fingerprint density at radius 1 is 1.19 bits per heavy atom. The van der Waals surface area contributed by atoms with Gasteiger partial charge >= 0.3 is 0 Å². The Kier molecular flexibility index (Phi) is 3.08. The number of aliphatic hydroxyl groups excluding tert-OH is 1. The lowest BCUT2D eigenvalue weighted by molar-refractivity contribution is 0.277. The molecule has 0 amide bonds. The van der Waals surface area contributed by atoms with E-state index in [4.69, 9.17) is 16.7 Å². The van der Waals surface area contributed by atoms with Crippen molar-refractivity contribution in [2.24, 2.45) is 0 Å². The van der Waals surface area contributed by atoms with Crippen molar-refractivity contribution in [3.63, 3.8) is 0 Å². The Balaban J connectivity index is 2.53. The Labute approximate surface area is 98.0 Å². The number of halogens is 1. The van der Waals surface area contributed by atoms with Crippen LogP contribution in [-0.2, 0) is 6.61 Å². The predicted octanol–water partition coefficient (Wildman–Crippen LogP) is 2.60. The van der Waals surface area contributed by atoms with Crippen molar-refractivity contribution in [2.75, 3.05) is 0 Å². The molecule has 0 spiro atoms. The minimum Gasteiger partial charge on any atom is -0.507 e. The van der Waals surface area contributed by atoms with E-state index < -0.39 is 0 Å². The van der Waals surface area contributed by atoms with Gasteiger partial charge in [-0.3, -0.25) is 4.98 Å². The molecule has 4 heteroatoms. The topological polar surface area (TPSA) is 53.4 Å². The number of nitrogens with zero attached hydrogens (tertiary/aromatic N) is 1. The summed E-state index contributed by atoms with van der Waals surface area (Å²) in [7, 11) is 0. The molecule has 0 saturated carbocycles. The van der Waals surface area contributed by atoms with Gasteiger partial charge in [0.25, 0.3) is 0 Å². The molecule has 82 valence electrons. The SMILES string of the molecule is OCc1cc(-c2cc(Cl)ccc2O)ccn1. The van der Waals surface area contributed by atoms with Crippen LogP contribution in [0.3, 0.4) is 0 Å². The van der Waals surface area contributed by atoms with Gasteiger partial charge in [0.05, 0.1) is 12.3 Å². The number of benzene rings is 1. The summed E-state index contributed by atoms with van der Waals surface area (Å²) in [6.07, 6.45) is 1.58. The first-order valence-corrected chi connectivity index (χ1v) is 5.13. The van der Waals surface area contributed by atoms with Gasteiger partial charge in [-0.15, -0.1) is 0 Å². The number of rotatable bonds is 2. The number of pyridine rings is 1. The number of aromatic hydroxyl groups is 1. The molecule has 2 aromatic rings. The molecule has 0 aliphatic rings. The molecule has 1 aromatic carbocycles. The lowest BCUT2D eigenvalue weighted by Crippen LogP contribution is -1.89. The van der Waals surface area contributed by atoms with E-state index in [0.29, 0.717) is 16.3 Å². The predicted molar refractivity (Wildman–Crippen MR) is 62.3 cm³/mol. The van der Waals surface area contributed by atoms with Gasteiger partial charge < -0.3 is 10.2 Å². The first-order valence-electron chi connectivity index (χ1n) is 4.75. The summed E-state index contributed by atoms with van der Waals surface area (Å²) in [6.45, 7) is -0.130. The molecule has 0 radical (unpaired) electrons. The number of hydrogen-bond donors (Lipinski definition) is 2. The maximum atomic E-state index is 9.71. The van der Waals surface area contributed by atoms with Crippen LogP contribution in [0.4, 0.5) is 0 Å². The first kappa shape index (κ1) is 10.9. The lowest BCUT2D eigenvalue weighted by Gasteiger charge is -2.06. The zero-order chi connectivity index (χ0) is 11.5. The molecule has 2 N–H and O–H groups in total. The van der Waals surface area contributed by atoms with Crippen LogP contribution in [-0.4, -0.2) is 15.2 Å². The first-order chi connectivity index (χ1) is 7.70. The Morgan fingerprint density at radius 2 is 2.00 bits per heavy atom. The molecule has 0 saturated heterocycles. The Morgan fingerprint density at radius 3 is 2.75 bits per heavy atom. The van der Waals surface area contributed by atoms with Crippen LogP contribution in [0.1, 0.15) is 5.69 Å². The van der Waals surface area contributed by atoms with Gasteiger partial charge in [0.1, 0.15) is 5.75 Å². The number of aromatic nitrogens is 1. The maximum absolute atomic E-state index is 9.71. The number of aliphatic hydroxyl groups is 1. The van der Waals surface area contributed by atoms with Gasteiger partial charge in [-0.25, -0.2) is 0 Å². The second-order valence-corrected chi connectivity index (χ2v) is 3.79. The summed E-state index contributed by atoms with van der Waals surface area (Å²) in [6, 6.07) is 8.30. The monoisotopic (exact) mass is 235 g/mol. The van der Waals surface area contributed by atoms with Crippen LogP contribution < -0.4 is 0 Å². The summed E-state index contributed by atoms with van der Waals surface area (Å²) in [4.78, 5) is 3.97. The summed E-state index contributed by atoms with van der Waals surface area (Å²) < 4.78 is 0. The van der Waals surface area contributed by atoms with Gasteiger partial charge in [-0.2, -0.15) is 0 Å². The summed E-state index contributed by atoms with van der Waals surface area (Å²) in [5, 5.41) is 19.2. The number of phenolic OH excluding ortho intramolecular Hbond substituents is 1. The smallest absolute Gasteiger partial charge is 0.123 e. The van der Waals surface area contributed by atoms with E-state index in [-0.39, 0.29) is 12.4 Å². The fourth-order valence-corrected chi connectivity index (χ4v) is 1.64. The van der Waals surface area contributed by atoms with Crippen LogP contribution in [0.2, 0.25) is 5.02 Å². The molecule has 0 atom stereocenters. The third-order valence-electron chi connectivity index (χ3n) is 2.25. The molecule has 0 aliphatic heterocycles. The fraction of sp³-hybridized carbons (Fsp3) is 0.0833. The molecule has 1 aromatic heterocycles. The number of hydrogen-bond acceptors (Lipinski definition) is 3. The zero-order valence-corrected chi connectivity index (χ0v) is 9.15. The lowest BCUT2D eigenvalue weighted by atomic mass is 10.1. The van der Waals surface area contributed by atoms with Crippen molar-refractivity contribution < 1.29 is 10.2 Å². The van der Waals surface area contributed by atoms with E-state index in [9.17, 15) is 5.11 Å². The van der Waals surface area contributed by atoms with E-state index in [1.54, 1.807) is 30.5 Å². The van der Waals surface area contributed by atoms with Gasteiger partial charge in [-0.1, -0.05) is 11.6 Å². The normalized spacial score (nSPS) is 10.4. The van der Waals surface area contributed by atoms with Gasteiger partial charge in [-0.05, 0) is 35.9 Å². The minimum atomic E-state index is -0.130. The quantitative estimate of drug-likeness (QED) is 0.841. The number of phenols is 1. The molecule has 0 aliphatic carbocycles. The summed E-state index contributed by atoms with van der Waals surface area (Å²) in [5.41, 5.74) is 1.96. The highest BCUT2D eigenvalue weighted by Crippen LogP contribution is 2.31. The van der Waals surface area contributed by atoms with E-state index in [2.05, 4.69) is 4.98 Å². The summed E-state index contributed by atoms with van der Waals surface area (Å²) >= 11 is 5.86. The fourth-order valence-electron chi connectivity index (χ4n) is 1.47. The van der Waals surface area contributed by atoms with Crippen molar-refractivity contribution >= 4 is 11.6 Å².